The van der Waals surface area contributed by atoms with Gasteiger partial charge in [0.15, 0.2) is 0 Å². The van der Waals surface area contributed by atoms with Crippen molar-refractivity contribution < 1.29 is 18.7 Å². The lowest BCUT2D eigenvalue weighted by atomic mass is 9.86. The molecule has 0 aliphatic heterocycles. The molecule has 11 heteroatoms. The summed E-state index contributed by atoms with van der Waals surface area (Å²) in [5, 5.41) is 20.7. The van der Waals surface area contributed by atoms with Crippen LogP contribution in [0.25, 0.3) is 0 Å². The second kappa shape index (κ2) is 9.55. The van der Waals surface area contributed by atoms with Crippen LogP contribution in [0.4, 0.5) is 14.5 Å². The number of nitrogens with zero attached hydrogens (tertiary/aromatic N) is 6. The van der Waals surface area contributed by atoms with E-state index in [1.54, 1.807) is 45.2 Å². The van der Waals surface area contributed by atoms with Gasteiger partial charge in [-0.3, -0.25) is 9.48 Å². The van der Waals surface area contributed by atoms with Crippen LogP contribution in [0.1, 0.15) is 34.6 Å². The lowest BCUT2D eigenvalue weighted by Crippen LogP contribution is -2.41. The highest BCUT2D eigenvalue weighted by atomic mass is 35.5. The normalized spacial score (nSPS) is 13.9. The number of benzene rings is 2. The van der Waals surface area contributed by atoms with E-state index in [-0.39, 0.29) is 18.0 Å². The zero-order chi connectivity index (χ0) is 25.3. The second-order valence-corrected chi connectivity index (χ2v) is 8.68. The van der Waals surface area contributed by atoms with Crippen molar-refractivity contribution in [1.82, 2.24) is 24.5 Å². The number of halogens is 3. The van der Waals surface area contributed by atoms with E-state index < -0.39 is 23.3 Å². The summed E-state index contributed by atoms with van der Waals surface area (Å²) in [6, 6.07) is 8.89. The van der Waals surface area contributed by atoms with Gasteiger partial charge in [-0.25, -0.2) is 18.4 Å². The molecular weight excluding hydrogens is 478 g/mol. The van der Waals surface area contributed by atoms with Crippen LogP contribution in [0.2, 0.25) is 5.02 Å². The summed E-state index contributed by atoms with van der Waals surface area (Å²) in [7, 11) is 1.63. The van der Waals surface area contributed by atoms with Gasteiger partial charge in [0.2, 0.25) is 0 Å². The molecule has 2 aromatic carbocycles. The van der Waals surface area contributed by atoms with E-state index in [9.17, 15) is 18.7 Å². The molecule has 4 aromatic rings. The van der Waals surface area contributed by atoms with Gasteiger partial charge in [0.1, 0.15) is 29.9 Å². The number of carbonyl (C=O) groups excluding carboxylic acids is 1. The predicted octanol–water partition coefficient (Wildman–Crippen LogP) is 4.14. The standard InChI is InChI=1S/C24H23ClF2N6O2/c1-15-20(23(34)31(3)19-7-4-17(25)5-8-19)11-29-33(15)16(2)24(35,12-32-14-28-13-30-32)21-9-6-18(26)10-22(21)27/h4-11,13-14,16,35H,12H2,1-3H3/t16-,24-/m1/s1. The molecule has 0 aliphatic carbocycles. The number of carbonyl (C=O) groups is 1. The fourth-order valence-electron chi connectivity index (χ4n) is 4.03. The zero-order valence-electron chi connectivity index (χ0n) is 19.2. The largest absolute Gasteiger partial charge is 0.381 e. The van der Waals surface area contributed by atoms with Crippen molar-refractivity contribution in [3.63, 3.8) is 0 Å². The molecular formula is C24H23ClF2N6O2. The van der Waals surface area contributed by atoms with Crippen molar-refractivity contribution in [2.75, 3.05) is 11.9 Å². The van der Waals surface area contributed by atoms with Crippen molar-refractivity contribution in [3.05, 3.63) is 94.8 Å². The van der Waals surface area contributed by atoms with Crippen LogP contribution in [-0.4, -0.2) is 42.6 Å². The molecule has 0 radical (unpaired) electrons. The fourth-order valence-corrected chi connectivity index (χ4v) is 4.16. The Bertz CT molecular complexity index is 1340. The summed E-state index contributed by atoms with van der Waals surface area (Å²) < 4.78 is 31.3. The van der Waals surface area contributed by atoms with Crippen LogP contribution in [0.5, 0.6) is 0 Å². The first-order valence-corrected chi connectivity index (χ1v) is 11.1. The van der Waals surface area contributed by atoms with Crippen molar-refractivity contribution in [1.29, 1.82) is 0 Å². The SMILES string of the molecule is Cc1c(C(=O)N(C)c2ccc(Cl)cc2)cnn1[C@H](C)[C@](O)(Cn1cncn1)c1ccc(F)cc1F. The molecule has 4 rings (SSSR count). The smallest absolute Gasteiger partial charge is 0.261 e. The summed E-state index contributed by atoms with van der Waals surface area (Å²) >= 11 is 5.94. The van der Waals surface area contributed by atoms with E-state index in [0.717, 1.165) is 6.07 Å². The molecule has 0 unspecified atom stereocenters. The van der Waals surface area contributed by atoms with Crippen molar-refractivity contribution >= 4 is 23.2 Å². The van der Waals surface area contributed by atoms with Gasteiger partial charge < -0.3 is 10.0 Å². The van der Waals surface area contributed by atoms with Crippen LogP contribution in [-0.2, 0) is 12.1 Å². The van der Waals surface area contributed by atoms with Crippen LogP contribution in [0.3, 0.4) is 0 Å². The number of anilines is 1. The Morgan fingerprint density at radius 3 is 2.54 bits per heavy atom. The first kappa shape index (κ1) is 24.5. The molecule has 1 N–H and O–H groups in total. The highest BCUT2D eigenvalue weighted by Crippen LogP contribution is 2.37. The summed E-state index contributed by atoms with van der Waals surface area (Å²) in [5.74, 6) is -2.01. The third kappa shape index (κ3) is 4.67. The molecule has 8 nitrogen and oxygen atoms in total. The van der Waals surface area contributed by atoms with Gasteiger partial charge in [0.05, 0.1) is 24.3 Å². The summed E-state index contributed by atoms with van der Waals surface area (Å²) in [5.41, 5.74) is -0.650. The fraction of sp³-hybridized carbons (Fsp3) is 0.250. The summed E-state index contributed by atoms with van der Waals surface area (Å²) in [6.07, 6.45) is 4.07. The Kier molecular flexibility index (Phi) is 6.68. The number of aromatic nitrogens is 5. The van der Waals surface area contributed by atoms with Gasteiger partial charge >= 0.3 is 0 Å². The Morgan fingerprint density at radius 1 is 1.20 bits per heavy atom. The molecule has 2 aromatic heterocycles. The molecule has 1 amide bonds. The maximum absolute atomic E-state index is 14.9. The zero-order valence-corrected chi connectivity index (χ0v) is 20.0. The molecule has 0 saturated heterocycles. The second-order valence-electron chi connectivity index (χ2n) is 8.25. The van der Waals surface area contributed by atoms with Crippen LogP contribution in [0, 0.1) is 18.6 Å². The molecule has 0 spiro atoms. The van der Waals surface area contributed by atoms with E-state index in [2.05, 4.69) is 15.2 Å². The minimum Gasteiger partial charge on any atom is -0.381 e. The van der Waals surface area contributed by atoms with Gasteiger partial charge in [-0.05, 0) is 44.2 Å². The molecule has 182 valence electrons. The van der Waals surface area contributed by atoms with E-state index in [1.165, 1.54) is 39.2 Å². The third-order valence-electron chi connectivity index (χ3n) is 6.12. The lowest BCUT2D eigenvalue weighted by Gasteiger charge is -2.35. The van der Waals surface area contributed by atoms with E-state index in [1.807, 2.05) is 0 Å². The average Bonchev–Trinajstić information content (AvgIpc) is 3.47. The number of rotatable bonds is 7. The molecule has 2 heterocycles. The maximum Gasteiger partial charge on any atom is 0.261 e. The third-order valence-corrected chi connectivity index (χ3v) is 6.37. The highest BCUT2D eigenvalue weighted by molar-refractivity contribution is 6.30. The van der Waals surface area contributed by atoms with E-state index in [4.69, 9.17) is 11.6 Å². The number of aliphatic hydroxyl groups is 1. The van der Waals surface area contributed by atoms with Gasteiger partial charge in [0.25, 0.3) is 5.91 Å². The highest BCUT2D eigenvalue weighted by Gasteiger charge is 2.41. The monoisotopic (exact) mass is 500 g/mol. The quantitative estimate of drug-likeness (QED) is 0.412. The first-order chi connectivity index (χ1) is 16.6. The predicted molar refractivity (Wildman–Crippen MR) is 126 cm³/mol. The summed E-state index contributed by atoms with van der Waals surface area (Å²) in [4.78, 5) is 18.5. The van der Waals surface area contributed by atoms with Crippen LogP contribution in [0.15, 0.2) is 61.3 Å². The van der Waals surface area contributed by atoms with E-state index >= 15 is 0 Å². The minimum atomic E-state index is -1.91. The molecule has 0 fully saturated rings. The van der Waals surface area contributed by atoms with E-state index in [0.29, 0.717) is 28.0 Å². The van der Waals surface area contributed by atoms with Crippen molar-refractivity contribution in [3.8, 4) is 0 Å². The molecule has 0 bridgehead atoms. The average molecular weight is 501 g/mol. The maximum atomic E-state index is 14.9. The lowest BCUT2D eigenvalue weighted by molar-refractivity contribution is -0.0375. The Morgan fingerprint density at radius 2 is 1.91 bits per heavy atom. The number of hydrogen-bond donors (Lipinski definition) is 1. The molecule has 0 aliphatic rings. The minimum absolute atomic E-state index is 0.136. The van der Waals surface area contributed by atoms with Crippen LogP contribution < -0.4 is 4.90 Å². The van der Waals surface area contributed by atoms with Gasteiger partial charge in [0, 0.05) is 35.1 Å². The number of amides is 1. The molecule has 2 atom stereocenters. The van der Waals surface area contributed by atoms with Gasteiger partial charge in [-0.2, -0.15) is 10.2 Å². The first-order valence-electron chi connectivity index (χ1n) is 10.7. The van der Waals surface area contributed by atoms with Crippen molar-refractivity contribution in [2.45, 2.75) is 32.0 Å². The van der Waals surface area contributed by atoms with Crippen LogP contribution >= 0.6 is 11.6 Å². The summed E-state index contributed by atoms with van der Waals surface area (Å²) in [6.45, 7) is 3.13. The van der Waals surface area contributed by atoms with Gasteiger partial charge in [-0.1, -0.05) is 17.7 Å². The Hall–Kier alpha value is -3.63. The Labute approximate surface area is 205 Å². The molecule has 0 saturated carbocycles. The Balaban J connectivity index is 1.72. The van der Waals surface area contributed by atoms with Gasteiger partial charge in [-0.15, -0.1) is 0 Å². The van der Waals surface area contributed by atoms with Crippen molar-refractivity contribution in [2.24, 2.45) is 0 Å². The topological polar surface area (TPSA) is 89.1 Å². The number of hydrogen-bond acceptors (Lipinski definition) is 5. The molecule has 35 heavy (non-hydrogen) atoms.